The number of hydrogen-bond donors (Lipinski definition) is 2. The minimum atomic E-state index is 0.845. The van der Waals surface area contributed by atoms with Gasteiger partial charge >= 0.3 is 0 Å². The number of pyridine rings is 1. The fraction of sp³-hybridized carbons (Fsp3) is 0.217. The molecule has 1 aliphatic heterocycles. The molecule has 0 atom stereocenters. The first-order valence-electron chi connectivity index (χ1n) is 10.3. The lowest BCUT2D eigenvalue weighted by molar-refractivity contribution is 0.579. The maximum absolute atomic E-state index is 4.60. The van der Waals surface area contributed by atoms with Gasteiger partial charge in [-0.1, -0.05) is 6.07 Å². The first kappa shape index (κ1) is 17.1. The molecule has 1 saturated heterocycles. The monoisotopic (exact) mass is 395 g/mol. The van der Waals surface area contributed by atoms with Crippen molar-refractivity contribution in [1.82, 2.24) is 30.1 Å². The number of rotatable bonds is 3. The average molecular weight is 395 g/mol. The number of nitrogens with one attached hydrogen (secondary N) is 2. The second kappa shape index (κ2) is 6.95. The van der Waals surface area contributed by atoms with Gasteiger partial charge in [-0.3, -0.25) is 15.1 Å². The van der Waals surface area contributed by atoms with Crippen LogP contribution in [-0.4, -0.2) is 43.2 Å². The van der Waals surface area contributed by atoms with Crippen molar-refractivity contribution < 1.29 is 0 Å². The Morgan fingerprint density at radius 1 is 0.867 bits per heavy atom. The van der Waals surface area contributed by atoms with Crippen molar-refractivity contribution in [1.29, 1.82) is 0 Å². The van der Waals surface area contributed by atoms with Crippen LogP contribution in [-0.2, 0) is 0 Å². The average Bonchev–Trinajstić information content (AvgIpc) is 3.43. The number of benzene rings is 1. The van der Waals surface area contributed by atoms with Crippen molar-refractivity contribution in [3.63, 3.8) is 0 Å². The minimum absolute atomic E-state index is 0.845. The third kappa shape index (κ3) is 2.82. The van der Waals surface area contributed by atoms with Crippen molar-refractivity contribution in [3.05, 3.63) is 55.1 Å². The predicted octanol–water partition coefficient (Wildman–Crippen LogP) is 4.55. The van der Waals surface area contributed by atoms with Gasteiger partial charge < -0.3 is 9.88 Å². The third-order valence-electron chi connectivity index (χ3n) is 5.88. The van der Waals surface area contributed by atoms with Crippen molar-refractivity contribution in [3.8, 4) is 22.6 Å². The van der Waals surface area contributed by atoms with Crippen LogP contribution in [0.15, 0.2) is 55.1 Å². The highest BCUT2D eigenvalue weighted by Crippen LogP contribution is 2.34. The van der Waals surface area contributed by atoms with Gasteiger partial charge in [0.25, 0.3) is 0 Å². The molecule has 0 bridgehead atoms. The van der Waals surface area contributed by atoms with Crippen LogP contribution in [0.25, 0.3) is 44.6 Å². The number of nitrogens with zero attached hydrogens (tertiary/aromatic N) is 5. The Kier molecular flexibility index (Phi) is 3.97. The standard InChI is InChI=1S/C23H21N7/c1-2-10-30(11-3-1)21-6-7-26-23-17(21)13-19(27-23)22-16-12-15(4-5-18(16)28-29-22)20-14-24-8-9-25-20/h4-9,12-14H,1-3,10-11H2,(H,26,27)(H,28,29). The van der Waals surface area contributed by atoms with Crippen LogP contribution in [0.1, 0.15) is 19.3 Å². The van der Waals surface area contributed by atoms with Crippen molar-refractivity contribution in [2.24, 2.45) is 0 Å². The molecule has 148 valence electrons. The molecule has 7 heteroatoms. The number of hydrogen-bond acceptors (Lipinski definition) is 5. The fourth-order valence-corrected chi connectivity index (χ4v) is 4.38. The highest BCUT2D eigenvalue weighted by Gasteiger charge is 2.18. The van der Waals surface area contributed by atoms with Gasteiger partial charge in [-0.05, 0) is 43.5 Å². The zero-order valence-corrected chi connectivity index (χ0v) is 16.5. The van der Waals surface area contributed by atoms with Gasteiger partial charge in [0.2, 0.25) is 0 Å². The summed E-state index contributed by atoms with van der Waals surface area (Å²) in [6, 6.07) is 10.5. The molecule has 0 aliphatic carbocycles. The lowest BCUT2D eigenvalue weighted by atomic mass is 10.1. The largest absolute Gasteiger partial charge is 0.371 e. The molecule has 0 spiro atoms. The van der Waals surface area contributed by atoms with E-state index in [1.807, 2.05) is 18.3 Å². The molecule has 2 N–H and O–H groups in total. The summed E-state index contributed by atoms with van der Waals surface area (Å²) in [7, 11) is 0. The van der Waals surface area contributed by atoms with Gasteiger partial charge in [0.1, 0.15) is 11.3 Å². The van der Waals surface area contributed by atoms with Crippen LogP contribution in [0.2, 0.25) is 0 Å². The number of H-pyrrole nitrogens is 2. The molecule has 0 amide bonds. The van der Waals surface area contributed by atoms with E-state index in [1.54, 1.807) is 18.6 Å². The second-order valence-corrected chi connectivity index (χ2v) is 7.75. The van der Waals surface area contributed by atoms with Crippen LogP contribution in [0.4, 0.5) is 5.69 Å². The lowest BCUT2D eigenvalue weighted by Crippen LogP contribution is -2.29. The SMILES string of the molecule is c1cnc(-c2ccc3[nH]nc(-c4cc5c(N6CCCCC6)ccnc5[nH]4)c3c2)cn1. The number of aromatic amines is 2. The Bertz CT molecular complexity index is 1330. The summed E-state index contributed by atoms with van der Waals surface area (Å²) in [5.41, 5.74) is 6.85. The van der Waals surface area contributed by atoms with Gasteiger partial charge in [0.05, 0.1) is 23.1 Å². The molecule has 1 aliphatic rings. The normalized spacial score (nSPS) is 14.6. The highest BCUT2D eigenvalue weighted by molar-refractivity contribution is 5.99. The maximum Gasteiger partial charge on any atom is 0.139 e. The molecular weight excluding hydrogens is 374 g/mol. The van der Waals surface area contributed by atoms with Crippen LogP contribution in [0, 0.1) is 0 Å². The van der Waals surface area contributed by atoms with E-state index in [1.165, 1.54) is 24.9 Å². The number of aromatic nitrogens is 6. The molecule has 0 unspecified atom stereocenters. The van der Waals surface area contributed by atoms with E-state index in [0.29, 0.717) is 0 Å². The zero-order valence-electron chi connectivity index (χ0n) is 16.5. The molecule has 5 aromatic rings. The summed E-state index contributed by atoms with van der Waals surface area (Å²) in [6.07, 6.45) is 10.9. The van der Waals surface area contributed by atoms with Gasteiger partial charge in [0, 0.05) is 53.7 Å². The van der Waals surface area contributed by atoms with E-state index >= 15 is 0 Å². The maximum atomic E-state index is 4.60. The van der Waals surface area contributed by atoms with E-state index in [4.69, 9.17) is 0 Å². The number of piperidine rings is 1. The summed E-state index contributed by atoms with van der Waals surface area (Å²) in [4.78, 5) is 19.1. The summed E-state index contributed by atoms with van der Waals surface area (Å²) in [5.74, 6) is 0. The van der Waals surface area contributed by atoms with E-state index in [-0.39, 0.29) is 0 Å². The Morgan fingerprint density at radius 2 is 1.80 bits per heavy atom. The Morgan fingerprint density at radius 3 is 2.67 bits per heavy atom. The Balaban J connectivity index is 1.47. The van der Waals surface area contributed by atoms with Crippen molar-refractivity contribution in [2.45, 2.75) is 19.3 Å². The van der Waals surface area contributed by atoms with Gasteiger partial charge in [-0.15, -0.1) is 0 Å². The smallest absolute Gasteiger partial charge is 0.139 e. The van der Waals surface area contributed by atoms with Crippen molar-refractivity contribution >= 4 is 27.6 Å². The first-order valence-corrected chi connectivity index (χ1v) is 10.3. The predicted molar refractivity (Wildman–Crippen MR) is 118 cm³/mol. The van der Waals surface area contributed by atoms with Crippen LogP contribution >= 0.6 is 0 Å². The van der Waals surface area contributed by atoms with Crippen LogP contribution < -0.4 is 4.90 Å². The molecule has 0 radical (unpaired) electrons. The van der Waals surface area contributed by atoms with Crippen LogP contribution in [0.5, 0.6) is 0 Å². The molecular formula is C23H21N7. The van der Waals surface area contributed by atoms with Crippen LogP contribution in [0.3, 0.4) is 0 Å². The fourth-order valence-electron chi connectivity index (χ4n) is 4.38. The van der Waals surface area contributed by atoms with E-state index in [0.717, 1.165) is 57.7 Å². The Hall–Kier alpha value is -3.74. The van der Waals surface area contributed by atoms with Gasteiger partial charge in [-0.25, -0.2) is 4.98 Å². The molecule has 7 nitrogen and oxygen atoms in total. The number of fused-ring (bicyclic) bond motifs is 2. The highest BCUT2D eigenvalue weighted by atomic mass is 15.1. The summed E-state index contributed by atoms with van der Waals surface area (Å²) in [6.45, 7) is 2.21. The quantitative estimate of drug-likeness (QED) is 0.468. The molecule has 1 aromatic carbocycles. The molecule has 5 heterocycles. The van der Waals surface area contributed by atoms with Gasteiger partial charge in [0.15, 0.2) is 0 Å². The van der Waals surface area contributed by atoms with Crippen molar-refractivity contribution in [2.75, 3.05) is 18.0 Å². The first-order chi connectivity index (χ1) is 14.9. The second-order valence-electron chi connectivity index (χ2n) is 7.75. The summed E-state index contributed by atoms with van der Waals surface area (Å²) < 4.78 is 0. The van der Waals surface area contributed by atoms with E-state index < -0.39 is 0 Å². The molecule has 6 rings (SSSR count). The molecule has 0 saturated carbocycles. The third-order valence-corrected chi connectivity index (χ3v) is 5.88. The minimum Gasteiger partial charge on any atom is -0.371 e. The molecule has 4 aromatic heterocycles. The molecule has 30 heavy (non-hydrogen) atoms. The molecule has 1 fully saturated rings. The number of anilines is 1. The topological polar surface area (TPSA) is 86.4 Å². The lowest BCUT2D eigenvalue weighted by Gasteiger charge is -2.29. The Labute approximate surface area is 173 Å². The zero-order chi connectivity index (χ0) is 19.9. The van der Waals surface area contributed by atoms with Gasteiger partial charge in [-0.2, -0.15) is 5.10 Å². The summed E-state index contributed by atoms with van der Waals surface area (Å²) >= 11 is 0. The van der Waals surface area contributed by atoms with E-state index in [9.17, 15) is 0 Å². The summed E-state index contributed by atoms with van der Waals surface area (Å²) in [5, 5.41) is 9.95. The van der Waals surface area contributed by atoms with E-state index in [2.05, 4.69) is 53.2 Å².